The van der Waals surface area contributed by atoms with Gasteiger partial charge in [-0.1, -0.05) is 0 Å². The van der Waals surface area contributed by atoms with Crippen LogP contribution in [0.5, 0.6) is 28.7 Å². The number of aromatic amines is 3. The van der Waals surface area contributed by atoms with Crippen molar-refractivity contribution in [3.63, 3.8) is 0 Å². The van der Waals surface area contributed by atoms with Crippen LogP contribution in [0.2, 0.25) is 0 Å². The molecule has 3 aromatic carbocycles. The number of aryl methyl sites for hydroxylation is 1. The number of nitrogens with one attached hydrogen (secondary N) is 3. The van der Waals surface area contributed by atoms with E-state index in [4.69, 9.17) is 31.5 Å². The molecule has 0 saturated heterocycles. The molecule has 16 heteroatoms. The standard InChI is InChI=1S/C38H38ClN7O8/c1-15-13-41-29-24(52-2)11-23-26(25(15)29)16(12-39)14-46(23)37(50)22-10-19-17-5-7-44(30(17)32(47)34(53-3)27(19)43-22)36(49)21-9-20-18-6-8-45(38(40)51)31(18)33(48)35(54-4)28(20)42-21/h9-11,13,16,38,41-43,47-48,51H,5-8,12,14,40H2,1-4H3/t16-,38?/m1/s1. The number of aliphatic hydroxyl groups excluding tert-OH is 1. The van der Waals surface area contributed by atoms with E-state index in [2.05, 4.69) is 15.0 Å². The average molecular weight is 756 g/mol. The van der Waals surface area contributed by atoms with Crippen LogP contribution in [0.25, 0.3) is 32.7 Å². The van der Waals surface area contributed by atoms with Gasteiger partial charge in [0.2, 0.25) is 0 Å². The maximum atomic E-state index is 14.4. The number of amides is 2. The zero-order chi connectivity index (χ0) is 37.9. The molecule has 9 rings (SSSR count). The molecule has 0 aliphatic carbocycles. The van der Waals surface area contributed by atoms with Crippen molar-refractivity contribution in [2.45, 2.75) is 32.0 Å². The molecular weight excluding hydrogens is 718 g/mol. The summed E-state index contributed by atoms with van der Waals surface area (Å²) in [6.07, 6.45) is 1.45. The minimum atomic E-state index is -1.34. The number of halogens is 1. The third-order valence-electron chi connectivity index (χ3n) is 11.3. The van der Waals surface area contributed by atoms with Crippen molar-refractivity contribution in [2.75, 3.05) is 61.5 Å². The quantitative estimate of drug-likeness (QED) is 0.0887. The molecule has 3 aliphatic rings. The lowest BCUT2D eigenvalue weighted by atomic mass is 9.97. The zero-order valence-corrected chi connectivity index (χ0v) is 30.6. The van der Waals surface area contributed by atoms with Crippen molar-refractivity contribution in [2.24, 2.45) is 5.73 Å². The fraction of sp³-hybridized carbons (Fsp3) is 0.316. The number of hydrogen-bond donors (Lipinski definition) is 7. The molecule has 3 aromatic heterocycles. The Hall–Kier alpha value is -5.77. The van der Waals surface area contributed by atoms with Crippen LogP contribution in [0.1, 0.15) is 49.1 Å². The molecular formula is C38H38ClN7O8. The van der Waals surface area contributed by atoms with E-state index in [1.54, 1.807) is 24.1 Å². The summed E-state index contributed by atoms with van der Waals surface area (Å²) in [6, 6.07) is 5.29. The van der Waals surface area contributed by atoms with Crippen LogP contribution in [0, 0.1) is 6.92 Å². The molecule has 8 N–H and O–H groups in total. The highest BCUT2D eigenvalue weighted by Gasteiger charge is 2.39. The monoisotopic (exact) mass is 755 g/mol. The van der Waals surface area contributed by atoms with Gasteiger partial charge >= 0.3 is 0 Å². The highest BCUT2D eigenvalue weighted by molar-refractivity contribution is 6.20. The number of nitrogens with two attached hydrogens (primary N) is 1. The average Bonchev–Trinajstić information content (AvgIpc) is 4.01. The first-order valence-electron chi connectivity index (χ1n) is 17.5. The molecule has 54 heavy (non-hydrogen) atoms. The number of aliphatic hydroxyl groups is 1. The topological polar surface area (TPSA) is 206 Å². The number of nitrogens with zero attached hydrogens (tertiary/aromatic N) is 3. The van der Waals surface area contributed by atoms with E-state index in [9.17, 15) is 24.9 Å². The van der Waals surface area contributed by atoms with Crippen LogP contribution < -0.4 is 34.6 Å². The summed E-state index contributed by atoms with van der Waals surface area (Å²) in [5.74, 6) is -0.139. The predicted octanol–water partition coefficient (Wildman–Crippen LogP) is 4.66. The fourth-order valence-corrected chi connectivity index (χ4v) is 9.15. The van der Waals surface area contributed by atoms with Crippen LogP contribution in [-0.2, 0) is 12.8 Å². The molecule has 2 amide bonds. The maximum absolute atomic E-state index is 14.4. The zero-order valence-electron chi connectivity index (χ0n) is 29.9. The molecule has 280 valence electrons. The summed E-state index contributed by atoms with van der Waals surface area (Å²) in [4.78, 5) is 43.0. The van der Waals surface area contributed by atoms with Gasteiger partial charge in [0.15, 0.2) is 29.3 Å². The van der Waals surface area contributed by atoms with E-state index in [-0.39, 0.29) is 58.4 Å². The van der Waals surface area contributed by atoms with Crippen molar-refractivity contribution >= 4 is 73.2 Å². The van der Waals surface area contributed by atoms with Gasteiger partial charge in [0, 0.05) is 59.9 Å². The van der Waals surface area contributed by atoms with E-state index in [0.29, 0.717) is 81.9 Å². The number of phenols is 2. The van der Waals surface area contributed by atoms with E-state index in [0.717, 1.165) is 22.0 Å². The second kappa shape index (κ2) is 12.1. The van der Waals surface area contributed by atoms with E-state index >= 15 is 0 Å². The van der Waals surface area contributed by atoms with Crippen molar-refractivity contribution in [1.82, 2.24) is 15.0 Å². The van der Waals surface area contributed by atoms with Gasteiger partial charge in [-0.3, -0.25) is 15.3 Å². The number of aromatic hydroxyl groups is 2. The van der Waals surface area contributed by atoms with Gasteiger partial charge in [-0.05, 0) is 54.2 Å². The lowest BCUT2D eigenvalue weighted by Crippen LogP contribution is -2.40. The fourth-order valence-electron chi connectivity index (χ4n) is 8.90. The van der Waals surface area contributed by atoms with Gasteiger partial charge in [0.25, 0.3) is 11.8 Å². The van der Waals surface area contributed by atoms with E-state index in [1.807, 2.05) is 19.2 Å². The summed E-state index contributed by atoms with van der Waals surface area (Å²) in [5.41, 5.74) is 12.7. The number of hydrogen-bond acceptors (Lipinski definition) is 10. The van der Waals surface area contributed by atoms with Crippen LogP contribution in [-0.4, -0.2) is 95.3 Å². The van der Waals surface area contributed by atoms with E-state index in [1.165, 1.54) is 24.0 Å². The predicted molar refractivity (Wildman–Crippen MR) is 204 cm³/mol. The number of methoxy groups -OCH3 is 3. The van der Waals surface area contributed by atoms with Gasteiger partial charge in [0.1, 0.15) is 17.1 Å². The van der Waals surface area contributed by atoms with Crippen LogP contribution in [0.15, 0.2) is 24.4 Å². The first-order valence-corrected chi connectivity index (χ1v) is 18.0. The Morgan fingerprint density at radius 2 is 1.48 bits per heavy atom. The number of fused-ring (bicyclic) bond motifs is 9. The molecule has 6 heterocycles. The number of aromatic nitrogens is 3. The largest absolute Gasteiger partial charge is 0.503 e. The van der Waals surface area contributed by atoms with Crippen LogP contribution >= 0.6 is 11.6 Å². The number of benzene rings is 3. The summed E-state index contributed by atoms with van der Waals surface area (Å²) < 4.78 is 17.0. The second-order valence-corrected chi connectivity index (χ2v) is 14.2. The Bertz CT molecular complexity index is 2590. The Kier molecular flexibility index (Phi) is 7.64. The third-order valence-corrected chi connectivity index (χ3v) is 11.6. The Morgan fingerprint density at radius 3 is 2.07 bits per heavy atom. The van der Waals surface area contributed by atoms with Crippen molar-refractivity contribution in [1.29, 1.82) is 0 Å². The highest BCUT2D eigenvalue weighted by atomic mass is 35.5. The molecule has 0 spiro atoms. The number of carbonyl (C=O) groups is 2. The number of phenolic OH excluding ortho intramolecular Hbond substituents is 2. The smallest absolute Gasteiger partial charge is 0.274 e. The first-order chi connectivity index (χ1) is 26.0. The Morgan fingerprint density at radius 1 is 0.889 bits per heavy atom. The Balaban J connectivity index is 1.12. The lowest BCUT2D eigenvalue weighted by Gasteiger charge is -2.23. The molecule has 0 bridgehead atoms. The number of alkyl halides is 1. The lowest BCUT2D eigenvalue weighted by molar-refractivity contribution is 0.0977. The molecule has 0 saturated carbocycles. The van der Waals surface area contributed by atoms with Gasteiger partial charge in [-0.2, -0.15) is 0 Å². The highest BCUT2D eigenvalue weighted by Crippen LogP contribution is 2.52. The second-order valence-electron chi connectivity index (χ2n) is 13.9. The maximum Gasteiger partial charge on any atom is 0.274 e. The van der Waals surface area contributed by atoms with Gasteiger partial charge in [-0.15, -0.1) is 11.6 Å². The Labute approximate surface area is 312 Å². The minimum absolute atomic E-state index is 0.0933. The third kappa shape index (κ3) is 4.48. The summed E-state index contributed by atoms with van der Waals surface area (Å²) >= 11 is 6.50. The SMILES string of the molecule is COc1c(O)c2c(c3cc(C(=O)N4C[C@@H](CCl)c5c4cc(OC)c4[nH]cc(C)c54)[nH]c13)CCN2C(=O)c1cc2c3c(c(O)c(OC)c2[nH]1)N(C(N)O)CC3. The number of ether oxygens (including phenoxy) is 3. The molecule has 0 fully saturated rings. The van der Waals surface area contributed by atoms with Crippen molar-refractivity contribution < 1.29 is 39.1 Å². The molecule has 2 atom stereocenters. The summed E-state index contributed by atoms with van der Waals surface area (Å²) in [7, 11) is 4.41. The van der Waals surface area contributed by atoms with Gasteiger partial charge < -0.3 is 59.2 Å². The molecule has 6 aromatic rings. The van der Waals surface area contributed by atoms with Crippen molar-refractivity contribution in [3.8, 4) is 28.7 Å². The van der Waals surface area contributed by atoms with Crippen LogP contribution in [0.4, 0.5) is 17.1 Å². The molecule has 1 unspecified atom stereocenters. The summed E-state index contributed by atoms with van der Waals surface area (Å²) in [5, 5.41) is 35.2. The number of rotatable bonds is 7. The van der Waals surface area contributed by atoms with E-state index < -0.39 is 12.3 Å². The number of anilines is 3. The minimum Gasteiger partial charge on any atom is -0.503 e. The van der Waals surface area contributed by atoms with Crippen molar-refractivity contribution in [3.05, 3.63) is 58.0 Å². The summed E-state index contributed by atoms with van der Waals surface area (Å²) in [6.45, 7) is 2.98. The first kappa shape index (κ1) is 34.0. The number of carbonyl (C=O) groups excluding carboxylic acids is 2. The van der Waals surface area contributed by atoms with Gasteiger partial charge in [0.05, 0.1) is 54.9 Å². The molecule has 15 nitrogen and oxygen atoms in total. The normalized spacial score (nSPS) is 16.8. The number of H-pyrrole nitrogens is 3. The van der Waals surface area contributed by atoms with Gasteiger partial charge in [-0.25, -0.2) is 0 Å². The molecule has 0 radical (unpaired) electrons. The molecule has 3 aliphatic heterocycles. The van der Waals surface area contributed by atoms with Crippen LogP contribution in [0.3, 0.4) is 0 Å².